The molecule has 0 saturated heterocycles. The lowest BCUT2D eigenvalue weighted by Gasteiger charge is -2.14. The number of pyridine rings is 1. The van der Waals surface area contributed by atoms with E-state index in [2.05, 4.69) is 52.3 Å². The van der Waals surface area contributed by atoms with Crippen LogP contribution < -0.4 is 10.6 Å². The third-order valence-electron chi connectivity index (χ3n) is 3.76. The van der Waals surface area contributed by atoms with Crippen molar-refractivity contribution in [3.63, 3.8) is 0 Å². The Hall–Kier alpha value is -2.27. The zero-order valence-electron chi connectivity index (χ0n) is 14.9. The number of hydrogen-bond acceptors (Lipinski definition) is 4. The lowest BCUT2D eigenvalue weighted by molar-refractivity contribution is 0.195. The Balaban J connectivity index is 1.92. The molecule has 5 heteroatoms. The lowest BCUT2D eigenvalue weighted by atomic mass is 10.2. The van der Waals surface area contributed by atoms with Crippen molar-refractivity contribution in [2.24, 2.45) is 0 Å². The molecule has 2 aromatic heterocycles. The molecule has 0 saturated carbocycles. The Labute approximate surface area is 144 Å². The number of ether oxygens (including phenoxy) is 1. The molecule has 0 fully saturated rings. The Morgan fingerprint density at radius 3 is 2.96 bits per heavy atom. The summed E-state index contributed by atoms with van der Waals surface area (Å²) in [5.41, 5.74) is 4.92. The van der Waals surface area contributed by atoms with Crippen molar-refractivity contribution in [3.8, 4) is 0 Å². The van der Waals surface area contributed by atoms with Crippen molar-refractivity contribution in [3.05, 3.63) is 47.9 Å². The second-order valence-corrected chi connectivity index (χ2v) is 5.82. The zero-order chi connectivity index (χ0) is 17.4. The van der Waals surface area contributed by atoms with Gasteiger partial charge in [0.05, 0.1) is 17.9 Å². The van der Waals surface area contributed by atoms with Gasteiger partial charge >= 0.3 is 0 Å². The van der Waals surface area contributed by atoms with Crippen LogP contribution in [0.25, 0.3) is 16.7 Å². The summed E-state index contributed by atoms with van der Waals surface area (Å²) in [7, 11) is 1.73. The Morgan fingerprint density at radius 1 is 1.38 bits per heavy atom. The summed E-state index contributed by atoms with van der Waals surface area (Å²) in [6.45, 7) is 10.7. The molecule has 5 nitrogen and oxygen atoms in total. The molecule has 0 spiro atoms. The van der Waals surface area contributed by atoms with Crippen LogP contribution in [0.1, 0.15) is 31.2 Å². The molecule has 0 aromatic carbocycles. The quantitative estimate of drug-likeness (QED) is 0.585. The predicted octanol–water partition coefficient (Wildman–Crippen LogP) is 3.35. The largest absolute Gasteiger partial charge is 0.387 e. The molecule has 0 aliphatic rings. The van der Waals surface area contributed by atoms with Gasteiger partial charge in [0.25, 0.3) is 0 Å². The summed E-state index contributed by atoms with van der Waals surface area (Å²) in [6, 6.07) is 6.17. The van der Waals surface area contributed by atoms with Gasteiger partial charge in [0.2, 0.25) is 0 Å². The minimum Gasteiger partial charge on any atom is -0.387 e. The molecule has 2 rings (SSSR count). The fourth-order valence-corrected chi connectivity index (χ4v) is 2.48. The molecule has 130 valence electrons. The van der Waals surface area contributed by atoms with Crippen LogP contribution >= 0.6 is 0 Å². The van der Waals surface area contributed by atoms with E-state index in [-0.39, 0.29) is 0 Å². The predicted molar refractivity (Wildman–Crippen MR) is 101 cm³/mol. The van der Waals surface area contributed by atoms with E-state index in [1.165, 1.54) is 5.70 Å². The Bertz CT molecular complexity index is 702. The molecule has 2 heterocycles. The van der Waals surface area contributed by atoms with Crippen molar-refractivity contribution in [2.75, 3.05) is 26.8 Å². The normalized spacial score (nSPS) is 11.7. The van der Waals surface area contributed by atoms with Crippen molar-refractivity contribution in [2.45, 2.75) is 26.7 Å². The summed E-state index contributed by atoms with van der Waals surface area (Å²) in [4.78, 5) is 7.82. The van der Waals surface area contributed by atoms with Gasteiger partial charge in [0.1, 0.15) is 5.65 Å². The topological polar surface area (TPSA) is 62.0 Å². The molecule has 0 aliphatic heterocycles. The maximum Gasteiger partial charge on any atom is 0.138 e. The minimum absolute atomic E-state index is 0.724. The van der Waals surface area contributed by atoms with E-state index in [0.717, 1.165) is 60.7 Å². The molecule has 0 amide bonds. The van der Waals surface area contributed by atoms with E-state index in [4.69, 9.17) is 4.74 Å². The SMILES string of the molecule is C=C(NCC(=CCC)NCCCOC)c1cc2ccc(C)nc2[nH]1. The maximum absolute atomic E-state index is 5.08. The fraction of sp³-hybridized carbons (Fsp3) is 0.421. The molecule has 0 aliphatic carbocycles. The second kappa shape index (κ2) is 9.13. The van der Waals surface area contributed by atoms with Crippen LogP contribution in [0.5, 0.6) is 0 Å². The van der Waals surface area contributed by atoms with Gasteiger partial charge in [-0.1, -0.05) is 19.6 Å². The summed E-state index contributed by atoms with van der Waals surface area (Å²) in [5.74, 6) is 0. The lowest BCUT2D eigenvalue weighted by Crippen LogP contribution is -2.25. The van der Waals surface area contributed by atoms with Crippen molar-refractivity contribution in [1.29, 1.82) is 0 Å². The number of aromatic nitrogens is 2. The average molecular weight is 328 g/mol. The van der Waals surface area contributed by atoms with Crippen LogP contribution in [-0.2, 0) is 4.74 Å². The zero-order valence-corrected chi connectivity index (χ0v) is 14.9. The monoisotopic (exact) mass is 328 g/mol. The highest BCUT2D eigenvalue weighted by atomic mass is 16.5. The van der Waals surface area contributed by atoms with Crippen molar-refractivity contribution in [1.82, 2.24) is 20.6 Å². The number of aromatic amines is 1. The van der Waals surface area contributed by atoms with Crippen LogP contribution in [0, 0.1) is 6.92 Å². The van der Waals surface area contributed by atoms with Gasteiger partial charge in [-0.3, -0.25) is 0 Å². The summed E-state index contributed by atoms with van der Waals surface area (Å²) < 4.78 is 5.08. The highest BCUT2D eigenvalue weighted by Crippen LogP contribution is 2.17. The molecule has 0 unspecified atom stereocenters. The molecule has 3 N–H and O–H groups in total. The van der Waals surface area contributed by atoms with E-state index in [0.29, 0.717) is 0 Å². The first-order chi connectivity index (χ1) is 11.6. The Morgan fingerprint density at radius 2 is 2.21 bits per heavy atom. The first kappa shape index (κ1) is 18.1. The van der Waals surface area contributed by atoms with Gasteiger partial charge < -0.3 is 20.4 Å². The van der Waals surface area contributed by atoms with E-state index < -0.39 is 0 Å². The Kier molecular flexibility index (Phi) is 6.88. The number of nitrogens with zero attached hydrogens (tertiary/aromatic N) is 1. The number of hydrogen-bond donors (Lipinski definition) is 3. The number of rotatable bonds is 10. The molecule has 2 aromatic rings. The van der Waals surface area contributed by atoms with E-state index in [9.17, 15) is 0 Å². The van der Waals surface area contributed by atoms with Gasteiger partial charge in [0.15, 0.2) is 0 Å². The number of nitrogens with one attached hydrogen (secondary N) is 3. The molecular formula is C19H28N4O. The number of H-pyrrole nitrogens is 1. The first-order valence-corrected chi connectivity index (χ1v) is 8.45. The summed E-state index contributed by atoms with van der Waals surface area (Å²) in [5, 5.41) is 7.93. The summed E-state index contributed by atoms with van der Waals surface area (Å²) in [6.07, 6.45) is 4.19. The third kappa shape index (κ3) is 5.13. The van der Waals surface area contributed by atoms with Crippen LogP contribution in [-0.4, -0.2) is 36.8 Å². The summed E-state index contributed by atoms with van der Waals surface area (Å²) >= 11 is 0. The van der Waals surface area contributed by atoms with E-state index >= 15 is 0 Å². The van der Waals surface area contributed by atoms with Gasteiger partial charge in [-0.05, 0) is 38.0 Å². The van der Waals surface area contributed by atoms with E-state index in [1.54, 1.807) is 7.11 Å². The highest BCUT2D eigenvalue weighted by molar-refractivity contribution is 5.81. The van der Waals surface area contributed by atoms with Crippen molar-refractivity contribution >= 4 is 16.7 Å². The van der Waals surface area contributed by atoms with Crippen LogP contribution in [0.15, 0.2) is 36.6 Å². The van der Waals surface area contributed by atoms with Crippen LogP contribution in [0.3, 0.4) is 0 Å². The van der Waals surface area contributed by atoms with Gasteiger partial charge in [-0.2, -0.15) is 0 Å². The molecular weight excluding hydrogens is 300 g/mol. The molecule has 0 radical (unpaired) electrons. The van der Waals surface area contributed by atoms with Gasteiger partial charge in [-0.15, -0.1) is 0 Å². The third-order valence-corrected chi connectivity index (χ3v) is 3.76. The average Bonchev–Trinajstić information content (AvgIpc) is 2.99. The first-order valence-electron chi connectivity index (χ1n) is 8.45. The number of fused-ring (bicyclic) bond motifs is 1. The minimum atomic E-state index is 0.724. The number of allylic oxidation sites excluding steroid dienone is 1. The van der Waals surface area contributed by atoms with Crippen molar-refractivity contribution < 1.29 is 4.74 Å². The van der Waals surface area contributed by atoms with E-state index in [1.807, 2.05) is 13.0 Å². The number of aryl methyl sites for hydroxylation is 1. The fourth-order valence-electron chi connectivity index (χ4n) is 2.48. The van der Waals surface area contributed by atoms with Gasteiger partial charge in [-0.25, -0.2) is 4.98 Å². The molecule has 0 bridgehead atoms. The van der Waals surface area contributed by atoms with Gasteiger partial charge in [0, 0.05) is 37.0 Å². The highest BCUT2D eigenvalue weighted by Gasteiger charge is 2.06. The molecule has 0 atom stereocenters. The second-order valence-electron chi connectivity index (χ2n) is 5.82. The maximum atomic E-state index is 5.08. The van der Waals surface area contributed by atoms with Crippen LogP contribution in [0.4, 0.5) is 0 Å². The standard InChI is InChI=1S/C19H28N4O/c1-5-7-17(20-10-6-11-24-4)13-21-15(3)18-12-16-9-8-14(2)22-19(16)23-18/h7-9,12,20-21H,3,5-6,10-11,13H2,1-2,4H3,(H,22,23). The smallest absolute Gasteiger partial charge is 0.138 e. The number of methoxy groups -OCH3 is 1. The van der Waals surface area contributed by atoms with Crippen LogP contribution in [0.2, 0.25) is 0 Å². The molecule has 24 heavy (non-hydrogen) atoms.